The first-order valence-corrected chi connectivity index (χ1v) is 7.65. The van der Waals surface area contributed by atoms with Crippen molar-refractivity contribution >= 4 is 0 Å². The summed E-state index contributed by atoms with van der Waals surface area (Å²) in [5, 5.41) is 22.9. The average molecular weight is 300 g/mol. The van der Waals surface area contributed by atoms with E-state index in [-0.39, 0.29) is 17.8 Å². The zero-order valence-corrected chi connectivity index (χ0v) is 13.2. The maximum absolute atomic E-state index is 9.82. The molecule has 2 unspecified atom stereocenters. The molecule has 0 radical (unpaired) electrons. The molecule has 0 saturated carbocycles. The lowest BCUT2D eigenvalue weighted by Crippen LogP contribution is -2.24. The van der Waals surface area contributed by atoms with Gasteiger partial charge in [0.2, 0.25) is 0 Å². The number of pyridine rings is 1. The number of aromatic nitrogens is 1. The first-order valence-electron chi connectivity index (χ1n) is 7.65. The number of aliphatic hydroxyl groups excluding tert-OH is 1. The number of hydrogen-bond donors (Lipinski definition) is 3. The van der Waals surface area contributed by atoms with Crippen molar-refractivity contribution in [3.8, 4) is 5.75 Å². The molecule has 1 aromatic heterocycles. The lowest BCUT2D eigenvalue weighted by molar-refractivity contribution is 0.173. The summed E-state index contributed by atoms with van der Waals surface area (Å²) in [5.41, 5.74) is 2.75. The third-order valence-electron chi connectivity index (χ3n) is 3.67. The molecule has 1 heterocycles. The average Bonchev–Trinajstić information content (AvgIpc) is 2.50. The van der Waals surface area contributed by atoms with Gasteiger partial charge in [-0.2, -0.15) is 0 Å². The Morgan fingerprint density at radius 2 is 1.86 bits per heavy atom. The van der Waals surface area contributed by atoms with Gasteiger partial charge < -0.3 is 15.5 Å². The smallest absolute Gasteiger partial charge is 0.138 e. The molecule has 2 rings (SSSR count). The van der Waals surface area contributed by atoms with Crippen LogP contribution in [-0.4, -0.2) is 27.8 Å². The minimum absolute atomic E-state index is 0.213. The summed E-state index contributed by atoms with van der Waals surface area (Å²) in [7, 11) is 0. The van der Waals surface area contributed by atoms with Crippen LogP contribution >= 0.6 is 0 Å². The molecule has 0 aliphatic heterocycles. The van der Waals surface area contributed by atoms with E-state index in [9.17, 15) is 10.2 Å². The number of rotatable bonds is 7. The number of aryl methyl sites for hydroxylation is 1. The summed E-state index contributed by atoms with van der Waals surface area (Å²) < 4.78 is 0. The summed E-state index contributed by atoms with van der Waals surface area (Å²) in [6, 6.07) is 13.6. The first-order chi connectivity index (χ1) is 10.6. The monoisotopic (exact) mass is 300 g/mol. The van der Waals surface area contributed by atoms with Crippen molar-refractivity contribution < 1.29 is 10.2 Å². The van der Waals surface area contributed by atoms with E-state index >= 15 is 0 Å². The molecule has 0 spiro atoms. The van der Waals surface area contributed by atoms with Crippen molar-refractivity contribution in [1.82, 2.24) is 10.3 Å². The van der Waals surface area contributed by atoms with Gasteiger partial charge in [0.25, 0.3) is 0 Å². The van der Waals surface area contributed by atoms with Crippen molar-refractivity contribution in [2.45, 2.75) is 38.8 Å². The van der Waals surface area contributed by atoms with E-state index in [1.165, 1.54) is 5.56 Å². The topological polar surface area (TPSA) is 65.4 Å². The quantitative estimate of drug-likeness (QED) is 0.735. The highest BCUT2D eigenvalue weighted by Gasteiger charge is 2.14. The standard InChI is InChI=1S/C18H24N2O2/c1-13-8-9-18(22)17(20-13)12-19-11-16(10-14(2)21)15-6-4-3-5-7-15/h3-9,14,16,19,21-22H,10-12H2,1-2H3. The van der Waals surface area contributed by atoms with Crippen molar-refractivity contribution in [1.29, 1.82) is 0 Å². The molecule has 0 saturated heterocycles. The minimum atomic E-state index is -0.350. The molecule has 1 aromatic carbocycles. The van der Waals surface area contributed by atoms with Crippen molar-refractivity contribution in [3.05, 3.63) is 59.4 Å². The molecule has 22 heavy (non-hydrogen) atoms. The summed E-state index contributed by atoms with van der Waals surface area (Å²) in [4.78, 5) is 4.34. The van der Waals surface area contributed by atoms with E-state index in [0.29, 0.717) is 18.7 Å². The Kier molecular flexibility index (Phi) is 5.92. The zero-order chi connectivity index (χ0) is 15.9. The third kappa shape index (κ3) is 4.83. The fourth-order valence-corrected chi connectivity index (χ4v) is 2.57. The van der Waals surface area contributed by atoms with E-state index in [1.807, 2.05) is 32.0 Å². The van der Waals surface area contributed by atoms with Crippen molar-refractivity contribution in [2.24, 2.45) is 0 Å². The Morgan fingerprint density at radius 1 is 1.14 bits per heavy atom. The molecule has 0 aliphatic carbocycles. The van der Waals surface area contributed by atoms with E-state index in [0.717, 1.165) is 12.2 Å². The fraction of sp³-hybridized carbons (Fsp3) is 0.389. The molecular formula is C18H24N2O2. The van der Waals surface area contributed by atoms with Gasteiger partial charge in [-0.05, 0) is 43.9 Å². The van der Waals surface area contributed by atoms with Crippen LogP contribution < -0.4 is 5.32 Å². The molecule has 118 valence electrons. The normalized spacial score (nSPS) is 13.8. The van der Waals surface area contributed by atoms with Crippen molar-refractivity contribution in [3.63, 3.8) is 0 Å². The number of aromatic hydroxyl groups is 1. The van der Waals surface area contributed by atoms with Gasteiger partial charge in [-0.3, -0.25) is 4.98 Å². The van der Waals surface area contributed by atoms with Gasteiger partial charge in [0.1, 0.15) is 5.75 Å². The SMILES string of the molecule is Cc1ccc(O)c(CNCC(CC(C)O)c2ccccc2)n1. The van der Waals surface area contributed by atoms with Crippen LogP contribution in [0.1, 0.15) is 36.2 Å². The van der Waals surface area contributed by atoms with Crippen LogP contribution in [0.5, 0.6) is 5.75 Å². The van der Waals surface area contributed by atoms with Gasteiger partial charge in [-0.25, -0.2) is 0 Å². The molecule has 2 aromatic rings. The maximum Gasteiger partial charge on any atom is 0.138 e. The fourth-order valence-electron chi connectivity index (χ4n) is 2.57. The molecule has 3 N–H and O–H groups in total. The number of nitrogens with zero attached hydrogens (tertiary/aromatic N) is 1. The number of aliphatic hydroxyl groups is 1. The molecule has 0 fully saturated rings. The second-order valence-electron chi connectivity index (χ2n) is 5.74. The largest absolute Gasteiger partial charge is 0.506 e. The predicted octanol–water partition coefficient (Wildman–Crippen LogP) is 2.74. The van der Waals surface area contributed by atoms with Crippen LogP contribution in [0.2, 0.25) is 0 Å². The Labute approximate surface area is 131 Å². The van der Waals surface area contributed by atoms with Crippen LogP contribution in [0, 0.1) is 6.92 Å². The Hall–Kier alpha value is -1.91. The molecule has 0 bridgehead atoms. The van der Waals surface area contributed by atoms with Crippen LogP contribution in [-0.2, 0) is 6.54 Å². The lowest BCUT2D eigenvalue weighted by atomic mass is 9.93. The summed E-state index contributed by atoms with van der Waals surface area (Å²) in [6.07, 6.45) is 0.349. The van der Waals surface area contributed by atoms with Crippen molar-refractivity contribution in [2.75, 3.05) is 6.54 Å². The van der Waals surface area contributed by atoms with Crippen LogP contribution in [0.3, 0.4) is 0 Å². The molecule has 0 amide bonds. The lowest BCUT2D eigenvalue weighted by Gasteiger charge is -2.20. The van der Waals surface area contributed by atoms with Gasteiger partial charge in [-0.15, -0.1) is 0 Å². The summed E-state index contributed by atoms with van der Waals surface area (Å²) >= 11 is 0. The molecule has 0 aliphatic rings. The first kappa shape index (κ1) is 16.5. The Bertz CT molecular complexity index is 585. The number of benzene rings is 1. The highest BCUT2D eigenvalue weighted by Crippen LogP contribution is 2.21. The van der Waals surface area contributed by atoms with Gasteiger partial charge in [0.05, 0.1) is 11.8 Å². The molecule has 4 nitrogen and oxygen atoms in total. The predicted molar refractivity (Wildman–Crippen MR) is 87.8 cm³/mol. The zero-order valence-electron chi connectivity index (χ0n) is 13.2. The van der Waals surface area contributed by atoms with E-state index in [4.69, 9.17) is 0 Å². The Balaban J connectivity index is 1.98. The number of hydrogen-bond acceptors (Lipinski definition) is 4. The van der Waals surface area contributed by atoms with Crippen LogP contribution in [0.25, 0.3) is 0 Å². The van der Waals surface area contributed by atoms with Gasteiger partial charge >= 0.3 is 0 Å². The van der Waals surface area contributed by atoms with Gasteiger partial charge in [-0.1, -0.05) is 30.3 Å². The maximum atomic E-state index is 9.82. The van der Waals surface area contributed by atoms with E-state index < -0.39 is 0 Å². The second kappa shape index (κ2) is 7.92. The van der Waals surface area contributed by atoms with E-state index in [1.54, 1.807) is 12.1 Å². The molecule has 4 heteroatoms. The summed E-state index contributed by atoms with van der Waals surface area (Å²) in [5.74, 6) is 0.443. The van der Waals surface area contributed by atoms with Gasteiger partial charge in [0.15, 0.2) is 0 Å². The third-order valence-corrected chi connectivity index (χ3v) is 3.67. The number of nitrogens with one attached hydrogen (secondary N) is 1. The highest BCUT2D eigenvalue weighted by molar-refractivity contribution is 5.27. The molecular weight excluding hydrogens is 276 g/mol. The Morgan fingerprint density at radius 3 is 2.55 bits per heavy atom. The van der Waals surface area contributed by atoms with Crippen LogP contribution in [0.15, 0.2) is 42.5 Å². The second-order valence-corrected chi connectivity index (χ2v) is 5.74. The van der Waals surface area contributed by atoms with E-state index in [2.05, 4.69) is 22.4 Å². The highest BCUT2D eigenvalue weighted by atomic mass is 16.3. The summed E-state index contributed by atoms with van der Waals surface area (Å²) in [6.45, 7) is 4.95. The minimum Gasteiger partial charge on any atom is -0.506 e. The van der Waals surface area contributed by atoms with Gasteiger partial charge in [0, 0.05) is 18.8 Å². The van der Waals surface area contributed by atoms with Crippen LogP contribution in [0.4, 0.5) is 0 Å². The molecule has 2 atom stereocenters.